The predicted molar refractivity (Wildman–Crippen MR) is 125 cm³/mol. The number of esters is 1. The van der Waals surface area contributed by atoms with Gasteiger partial charge in [0.05, 0.1) is 33.8 Å². The number of imide groups is 1. The summed E-state index contributed by atoms with van der Waals surface area (Å²) >= 11 is 18.3. The van der Waals surface area contributed by atoms with E-state index in [9.17, 15) is 19.2 Å². The van der Waals surface area contributed by atoms with Gasteiger partial charge in [0.2, 0.25) is 11.8 Å². The zero-order chi connectivity index (χ0) is 23.7. The van der Waals surface area contributed by atoms with Gasteiger partial charge in [-0.1, -0.05) is 23.7 Å². The first kappa shape index (κ1) is 23.5. The summed E-state index contributed by atoms with van der Waals surface area (Å²) in [6.45, 7) is -0.518. The molecule has 1 N–H and O–H groups in total. The fraction of sp³-hybridized carbons (Fsp3) is 0.304. The summed E-state index contributed by atoms with van der Waals surface area (Å²) in [6, 6.07) is 12.5. The monoisotopic (exact) mass is 508 g/mol. The number of carbonyl (C=O) groups excluding carboxylic acids is 4. The maximum atomic E-state index is 12.9. The highest BCUT2D eigenvalue weighted by atomic mass is 35.5. The minimum absolute atomic E-state index is 0.101. The van der Waals surface area contributed by atoms with Crippen LogP contribution in [0.4, 0.5) is 11.4 Å². The second kappa shape index (κ2) is 9.71. The van der Waals surface area contributed by atoms with E-state index in [0.29, 0.717) is 23.6 Å². The smallest absolute Gasteiger partial charge is 0.338 e. The van der Waals surface area contributed by atoms with E-state index in [4.69, 9.17) is 39.5 Å². The Morgan fingerprint density at radius 3 is 2.24 bits per heavy atom. The lowest BCUT2D eigenvalue weighted by atomic mass is 9.80. The lowest BCUT2D eigenvalue weighted by Crippen LogP contribution is -2.34. The molecule has 1 saturated carbocycles. The number of nitrogens with zero attached hydrogens (tertiary/aromatic N) is 1. The highest BCUT2D eigenvalue weighted by Gasteiger charge is 2.52. The lowest BCUT2D eigenvalue weighted by molar-refractivity contribution is -0.122. The van der Waals surface area contributed by atoms with Gasteiger partial charge in [0.25, 0.3) is 5.91 Å². The van der Waals surface area contributed by atoms with E-state index in [1.54, 1.807) is 30.3 Å². The Morgan fingerprint density at radius 2 is 1.61 bits per heavy atom. The number of ether oxygens (including phenoxy) is 1. The highest BCUT2D eigenvalue weighted by molar-refractivity contribution is 6.31. The molecule has 2 aromatic carbocycles. The van der Waals surface area contributed by atoms with Crippen LogP contribution in [0.15, 0.2) is 48.5 Å². The molecule has 1 aliphatic heterocycles. The van der Waals surface area contributed by atoms with E-state index in [1.165, 1.54) is 18.2 Å². The van der Waals surface area contributed by atoms with Crippen molar-refractivity contribution in [3.05, 3.63) is 59.1 Å². The quantitative estimate of drug-likeness (QED) is 0.370. The van der Waals surface area contributed by atoms with Gasteiger partial charge in [-0.2, -0.15) is 0 Å². The van der Waals surface area contributed by atoms with Crippen LogP contribution in [0.25, 0.3) is 0 Å². The zero-order valence-corrected chi connectivity index (χ0v) is 19.4. The van der Waals surface area contributed by atoms with Crippen molar-refractivity contribution in [3.8, 4) is 0 Å². The van der Waals surface area contributed by atoms with Crippen LogP contribution >= 0.6 is 34.8 Å². The van der Waals surface area contributed by atoms with Crippen molar-refractivity contribution >= 4 is 69.9 Å². The summed E-state index contributed by atoms with van der Waals surface area (Å²) in [5.74, 6) is -3.07. The Balaban J connectivity index is 1.42. The molecule has 1 aliphatic carbocycles. The normalized spacial score (nSPS) is 24.4. The van der Waals surface area contributed by atoms with Gasteiger partial charge in [-0.05, 0) is 49.2 Å². The number of halogens is 3. The number of benzene rings is 2. The number of nitrogens with one attached hydrogen (secondary N) is 1. The fourth-order valence-corrected chi connectivity index (χ4v) is 4.88. The summed E-state index contributed by atoms with van der Waals surface area (Å²) in [7, 11) is 0. The summed E-state index contributed by atoms with van der Waals surface area (Å²) in [6.07, 6.45) is 0.649. The summed E-state index contributed by atoms with van der Waals surface area (Å²) in [4.78, 5) is 51.5. The summed E-state index contributed by atoms with van der Waals surface area (Å²) < 4.78 is 5.08. The third-order valence-electron chi connectivity index (χ3n) is 5.69. The van der Waals surface area contributed by atoms with Gasteiger partial charge in [0, 0.05) is 10.7 Å². The summed E-state index contributed by atoms with van der Waals surface area (Å²) in [5.41, 5.74) is 0.829. The van der Waals surface area contributed by atoms with Crippen LogP contribution in [0.1, 0.15) is 23.2 Å². The maximum Gasteiger partial charge on any atom is 0.338 e. The van der Waals surface area contributed by atoms with Crippen molar-refractivity contribution < 1.29 is 23.9 Å². The molecule has 0 radical (unpaired) electrons. The van der Waals surface area contributed by atoms with Crippen LogP contribution in [0.2, 0.25) is 5.02 Å². The Bertz CT molecular complexity index is 1100. The fourth-order valence-electron chi connectivity index (χ4n) is 4.10. The number of alkyl halides is 2. The predicted octanol–water partition coefficient (Wildman–Crippen LogP) is 4.25. The molecule has 1 saturated heterocycles. The van der Waals surface area contributed by atoms with Gasteiger partial charge in [-0.25, -0.2) is 4.79 Å². The van der Waals surface area contributed by atoms with Crippen molar-refractivity contribution in [3.63, 3.8) is 0 Å². The molecule has 10 heteroatoms. The Hall–Kier alpha value is -2.61. The minimum atomic E-state index is -0.767. The molecule has 0 spiro atoms. The molecular formula is C23H19Cl3N2O5. The first-order valence-electron chi connectivity index (χ1n) is 10.2. The molecule has 0 unspecified atom stereocenters. The highest BCUT2D eigenvalue weighted by Crippen LogP contribution is 2.43. The average Bonchev–Trinajstić information content (AvgIpc) is 3.02. The minimum Gasteiger partial charge on any atom is -0.452 e. The molecular weight excluding hydrogens is 491 g/mol. The number of hydrogen-bond acceptors (Lipinski definition) is 5. The topological polar surface area (TPSA) is 92.8 Å². The Morgan fingerprint density at radius 1 is 0.970 bits per heavy atom. The third kappa shape index (κ3) is 5.00. The largest absolute Gasteiger partial charge is 0.452 e. The standard InChI is InChI=1S/C23H19Cl3N2O5/c24-13-4-2-5-14(8-13)27-20(29)11-33-23(32)12-3-1-6-15(7-12)28-21(30)16-9-18(25)19(26)10-17(16)22(28)31/h1-8,16-19H,9-11H2,(H,27,29)/t16-,17+,18+,19-. The van der Waals surface area contributed by atoms with Crippen LogP contribution in [0.3, 0.4) is 0 Å². The first-order chi connectivity index (χ1) is 15.7. The van der Waals surface area contributed by atoms with Gasteiger partial charge in [-0.3, -0.25) is 19.3 Å². The van der Waals surface area contributed by atoms with E-state index in [2.05, 4.69) is 5.32 Å². The molecule has 2 aromatic rings. The number of carbonyl (C=O) groups is 4. The number of amides is 3. The second-order valence-corrected chi connectivity index (χ2v) is 9.47. The molecule has 3 amide bonds. The van der Waals surface area contributed by atoms with Gasteiger partial charge < -0.3 is 10.1 Å². The maximum absolute atomic E-state index is 12.9. The van der Waals surface area contributed by atoms with E-state index in [1.807, 2.05) is 0 Å². The molecule has 172 valence electrons. The average molecular weight is 510 g/mol. The first-order valence-corrected chi connectivity index (χ1v) is 11.5. The Kier molecular flexibility index (Phi) is 6.93. The molecule has 4 atom stereocenters. The van der Waals surface area contributed by atoms with Crippen LogP contribution in [0, 0.1) is 11.8 Å². The van der Waals surface area contributed by atoms with Crippen molar-refractivity contribution in [2.75, 3.05) is 16.8 Å². The lowest BCUT2D eigenvalue weighted by Gasteiger charge is -2.28. The van der Waals surface area contributed by atoms with E-state index in [-0.39, 0.29) is 33.8 Å². The van der Waals surface area contributed by atoms with Crippen LogP contribution in [0.5, 0.6) is 0 Å². The van der Waals surface area contributed by atoms with E-state index in [0.717, 1.165) is 4.90 Å². The molecule has 0 bridgehead atoms. The Labute approximate surface area is 204 Å². The van der Waals surface area contributed by atoms with Gasteiger partial charge in [-0.15, -0.1) is 23.2 Å². The van der Waals surface area contributed by atoms with Crippen LogP contribution in [-0.4, -0.2) is 41.1 Å². The van der Waals surface area contributed by atoms with Crippen molar-refractivity contribution in [1.82, 2.24) is 0 Å². The number of fused-ring (bicyclic) bond motifs is 1. The van der Waals surface area contributed by atoms with Gasteiger partial charge in [0.15, 0.2) is 6.61 Å². The molecule has 0 aromatic heterocycles. The van der Waals surface area contributed by atoms with Gasteiger partial charge in [0.1, 0.15) is 0 Å². The molecule has 7 nitrogen and oxygen atoms in total. The van der Waals surface area contributed by atoms with Crippen molar-refractivity contribution in [1.29, 1.82) is 0 Å². The van der Waals surface area contributed by atoms with Crippen LogP contribution < -0.4 is 10.2 Å². The molecule has 33 heavy (non-hydrogen) atoms. The van der Waals surface area contributed by atoms with E-state index >= 15 is 0 Å². The SMILES string of the molecule is O=C(COC(=O)c1cccc(N2C(=O)[C@H]3C[C@@H](Cl)[C@@H](Cl)C[C@H]3C2=O)c1)Nc1cccc(Cl)c1. The van der Waals surface area contributed by atoms with Crippen LogP contribution in [-0.2, 0) is 19.1 Å². The molecule has 2 fully saturated rings. The third-order valence-corrected chi connectivity index (χ3v) is 7.02. The second-order valence-electron chi connectivity index (χ2n) is 7.91. The number of rotatable bonds is 5. The number of anilines is 2. The van der Waals surface area contributed by atoms with Gasteiger partial charge >= 0.3 is 5.97 Å². The zero-order valence-electron chi connectivity index (χ0n) is 17.2. The summed E-state index contributed by atoms with van der Waals surface area (Å²) in [5, 5.41) is 2.26. The van der Waals surface area contributed by atoms with Crippen molar-refractivity contribution in [2.24, 2.45) is 11.8 Å². The molecule has 4 rings (SSSR count). The van der Waals surface area contributed by atoms with E-state index < -0.39 is 30.3 Å². The number of hydrogen-bond donors (Lipinski definition) is 1. The molecule has 2 aliphatic rings. The van der Waals surface area contributed by atoms with Crippen molar-refractivity contribution in [2.45, 2.75) is 23.6 Å². The molecule has 1 heterocycles.